The number of ether oxygens (including phenoxy) is 1. The Labute approximate surface area is 66.4 Å². The molecule has 0 aromatic carbocycles. The summed E-state index contributed by atoms with van der Waals surface area (Å²) in [6.45, 7) is 2.80. The highest BCUT2D eigenvalue weighted by Crippen LogP contribution is 2.33. The van der Waals surface area contributed by atoms with Crippen LogP contribution in [-0.2, 0) is 9.53 Å². The third kappa shape index (κ3) is 2.50. The number of carbonyl (C=O) groups is 1. The molecule has 1 rings (SSSR count). The molecule has 0 aliphatic heterocycles. The van der Waals surface area contributed by atoms with Crippen LogP contribution in [0.1, 0.15) is 26.2 Å². The lowest BCUT2D eigenvalue weighted by Gasteiger charge is -1.99. The van der Waals surface area contributed by atoms with Gasteiger partial charge in [0.25, 0.3) is 0 Å². The Kier molecular flexibility index (Phi) is 2.88. The first kappa shape index (κ1) is 8.53. The molecule has 11 heavy (non-hydrogen) atoms. The van der Waals surface area contributed by atoms with Crippen molar-refractivity contribution in [2.45, 2.75) is 32.3 Å². The summed E-state index contributed by atoms with van der Waals surface area (Å²) in [6, 6.07) is 0. The largest absolute Gasteiger partial charge is 0.481 e. The van der Waals surface area contributed by atoms with E-state index in [2.05, 4.69) is 6.92 Å². The maximum absolute atomic E-state index is 10.3. The molecule has 0 amide bonds. The second kappa shape index (κ2) is 3.72. The summed E-state index contributed by atoms with van der Waals surface area (Å²) in [7, 11) is 0. The van der Waals surface area contributed by atoms with E-state index in [1.54, 1.807) is 0 Å². The van der Waals surface area contributed by atoms with E-state index in [1.807, 2.05) is 0 Å². The molecule has 1 saturated carbocycles. The molecule has 3 nitrogen and oxygen atoms in total. The summed E-state index contributed by atoms with van der Waals surface area (Å²) in [5.74, 6) is -0.932. The lowest BCUT2D eigenvalue weighted by Crippen LogP contribution is -2.05. The average Bonchev–Trinajstić information content (AvgIpc) is 2.68. The smallest absolute Gasteiger partial charge is 0.309 e. The quantitative estimate of drug-likeness (QED) is 0.613. The van der Waals surface area contributed by atoms with E-state index in [4.69, 9.17) is 9.84 Å². The zero-order valence-corrected chi connectivity index (χ0v) is 6.75. The van der Waals surface area contributed by atoms with Crippen LogP contribution in [0.4, 0.5) is 0 Å². The standard InChI is InChI=1S/C8H14O3/c1-2-3-4-11-7-5-6(7)8(9)10/h6-7H,2-5H2,1H3,(H,9,10)/t6-,7-/m1/s1. The number of hydrogen-bond acceptors (Lipinski definition) is 2. The highest BCUT2D eigenvalue weighted by atomic mass is 16.5. The minimum Gasteiger partial charge on any atom is -0.481 e. The molecule has 0 unspecified atom stereocenters. The van der Waals surface area contributed by atoms with E-state index >= 15 is 0 Å². The summed E-state index contributed by atoms with van der Waals surface area (Å²) >= 11 is 0. The van der Waals surface area contributed by atoms with Crippen molar-refractivity contribution in [3.05, 3.63) is 0 Å². The van der Waals surface area contributed by atoms with Gasteiger partial charge >= 0.3 is 5.97 Å². The first-order valence-electron chi connectivity index (χ1n) is 4.10. The topological polar surface area (TPSA) is 46.5 Å². The van der Waals surface area contributed by atoms with Gasteiger partial charge in [0.05, 0.1) is 12.0 Å². The van der Waals surface area contributed by atoms with E-state index in [-0.39, 0.29) is 12.0 Å². The van der Waals surface area contributed by atoms with Gasteiger partial charge in [-0.2, -0.15) is 0 Å². The molecule has 1 aliphatic carbocycles. The Hall–Kier alpha value is -0.570. The summed E-state index contributed by atoms with van der Waals surface area (Å²) in [6.07, 6.45) is 2.85. The fraction of sp³-hybridized carbons (Fsp3) is 0.875. The number of rotatable bonds is 5. The van der Waals surface area contributed by atoms with E-state index in [1.165, 1.54) is 0 Å². The Morgan fingerprint density at radius 3 is 2.91 bits per heavy atom. The van der Waals surface area contributed by atoms with Gasteiger partial charge in [0.15, 0.2) is 0 Å². The maximum atomic E-state index is 10.3. The molecule has 0 radical (unpaired) electrons. The van der Waals surface area contributed by atoms with Crippen LogP contribution in [0.25, 0.3) is 0 Å². The van der Waals surface area contributed by atoms with E-state index in [0.29, 0.717) is 13.0 Å². The van der Waals surface area contributed by atoms with Crippen molar-refractivity contribution in [3.8, 4) is 0 Å². The Morgan fingerprint density at radius 2 is 2.45 bits per heavy atom. The first-order chi connectivity index (χ1) is 5.25. The van der Waals surface area contributed by atoms with Crippen molar-refractivity contribution in [2.75, 3.05) is 6.61 Å². The van der Waals surface area contributed by atoms with Gasteiger partial charge in [0.1, 0.15) is 0 Å². The van der Waals surface area contributed by atoms with Crippen molar-refractivity contribution in [3.63, 3.8) is 0 Å². The highest BCUT2D eigenvalue weighted by molar-refractivity contribution is 5.74. The number of aliphatic carboxylic acids is 1. The van der Waals surface area contributed by atoms with Gasteiger partial charge in [-0.15, -0.1) is 0 Å². The van der Waals surface area contributed by atoms with Crippen molar-refractivity contribution in [2.24, 2.45) is 5.92 Å². The van der Waals surface area contributed by atoms with Crippen molar-refractivity contribution in [1.82, 2.24) is 0 Å². The normalized spacial score (nSPS) is 28.5. The van der Waals surface area contributed by atoms with Gasteiger partial charge in [0.2, 0.25) is 0 Å². The second-order valence-electron chi connectivity index (χ2n) is 2.94. The third-order valence-corrected chi connectivity index (χ3v) is 1.88. The molecule has 1 N–H and O–H groups in total. The second-order valence-corrected chi connectivity index (χ2v) is 2.94. The molecule has 0 bridgehead atoms. The summed E-state index contributed by atoms with van der Waals surface area (Å²) in [4.78, 5) is 10.3. The molecular weight excluding hydrogens is 144 g/mol. The van der Waals surface area contributed by atoms with Crippen LogP contribution in [0.15, 0.2) is 0 Å². The summed E-state index contributed by atoms with van der Waals surface area (Å²) in [5, 5.41) is 8.50. The lowest BCUT2D eigenvalue weighted by atomic mass is 10.4. The minimum absolute atomic E-state index is 0.0130. The Bertz CT molecular complexity index is 144. The molecule has 3 heteroatoms. The molecule has 2 atom stereocenters. The van der Waals surface area contributed by atoms with Crippen LogP contribution >= 0.6 is 0 Å². The van der Waals surface area contributed by atoms with Crippen molar-refractivity contribution in [1.29, 1.82) is 0 Å². The number of unbranched alkanes of at least 4 members (excludes halogenated alkanes) is 1. The van der Waals surface area contributed by atoms with Crippen LogP contribution in [0.2, 0.25) is 0 Å². The number of hydrogen-bond donors (Lipinski definition) is 1. The van der Waals surface area contributed by atoms with Crippen molar-refractivity contribution >= 4 is 5.97 Å². The molecule has 1 fully saturated rings. The van der Waals surface area contributed by atoms with E-state index < -0.39 is 5.97 Å². The van der Waals surface area contributed by atoms with E-state index in [9.17, 15) is 4.79 Å². The van der Waals surface area contributed by atoms with Gasteiger partial charge in [-0.05, 0) is 12.8 Å². The zero-order chi connectivity index (χ0) is 8.27. The van der Waals surface area contributed by atoms with Crippen LogP contribution in [0.5, 0.6) is 0 Å². The van der Waals surface area contributed by atoms with Gasteiger partial charge in [0, 0.05) is 6.61 Å². The molecule has 0 spiro atoms. The van der Waals surface area contributed by atoms with E-state index in [0.717, 1.165) is 12.8 Å². The molecular formula is C8H14O3. The SMILES string of the molecule is CCCCO[C@@H]1C[C@H]1C(=O)O. The molecule has 1 aliphatic rings. The van der Waals surface area contributed by atoms with Gasteiger partial charge in [-0.1, -0.05) is 13.3 Å². The van der Waals surface area contributed by atoms with Gasteiger partial charge in [-0.3, -0.25) is 4.79 Å². The van der Waals surface area contributed by atoms with Crippen LogP contribution < -0.4 is 0 Å². The first-order valence-corrected chi connectivity index (χ1v) is 4.10. The highest BCUT2D eigenvalue weighted by Gasteiger charge is 2.44. The number of carboxylic acid groups (broad SMARTS) is 1. The molecule has 0 aromatic heterocycles. The predicted molar refractivity (Wildman–Crippen MR) is 40.4 cm³/mol. The summed E-state index contributed by atoms with van der Waals surface area (Å²) in [5.41, 5.74) is 0. The van der Waals surface area contributed by atoms with Gasteiger partial charge in [-0.25, -0.2) is 0 Å². The van der Waals surface area contributed by atoms with Crippen LogP contribution in [0.3, 0.4) is 0 Å². The van der Waals surface area contributed by atoms with Crippen LogP contribution in [-0.4, -0.2) is 23.8 Å². The predicted octanol–water partition coefficient (Wildman–Crippen LogP) is 1.28. The Morgan fingerprint density at radius 1 is 1.73 bits per heavy atom. The monoisotopic (exact) mass is 158 g/mol. The average molecular weight is 158 g/mol. The Balaban J connectivity index is 2.00. The third-order valence-electron chi connectivity index (χ3n) is 1.88. The molecule has 0 heterocycles. The van der Waals surface area contributed by atoms with Crippen molar-refractivity contribution < 1.29 is 14.6 Å². The van der Waals surface area contributed by atoms with Crippen LogP contribution in [0, 0.1) is 5.92 Å². The summed E-state index contributed by atoms with van der Waals surface area (Å²) < 4.78 is 5.29. The fourth-order valence-corrected chi connectivity index (χ4v) is 0.995. The lowest BCUT2D eigenvalue weighted by molar-refractivity contribution is -0.139. The fourth-order valence-electron chi connectivity index (χ4n) is 0.995. The van der Waals surface area contributed by atoms with Gasteiger partial charge < -0.3 is 9.84 Å². The molecule has 0 aromatic rings. The maximum Gasteiger partial charge on any atom is 0.309 e. The molecule has 64 valence electrons. The number of carboxylic acids is 1. The minimum atomic E-state index is -0.716. The molecule has 0 saturated heterocycles. The zero-order valence-electron chi connectivity index (χ0n) is 6.75.